The summed E-state index contributed by atoms with van der Waals surface area (Å²) in [6.45, 7) is 10.3. The summed E-state index contributed by atoms with van der Waals surface area (Å²) in [4.78, 5) is 0.665. The van der Waals surface area contributed by atoms with Crippen LogP contribution in [-0.4, -0.2) is 13.0 Å². The molecule has 0 aliphatic carbocycles. The second-order valence-electron chi connectivity index (χ2n) is 6.09. The number of fused-ring (bicyclic) bond motifs is 1. The van der Waals surface area contributed by atoms with Crippen molar-refractivity contribution in [3.05, 3.63) is 70.5 Å². The van der Waals surface area contributed by atoms with Crippen LogP contribution >= 0.6 is 11.3 Å². The smallest absolute Gasteiger partial charge is 0.285 e. The van der Waals surface area contributed by atoms with Gasteiger partial charge < -0.3 is 4.57 Å². The molecular formula is C19H20N2O2S2. The molecule has 0 unspecified atom stereocenters. The zero-order valence-corrected chi connectivity index (χ0v) is 16.1. The highest BCUT2D eigenvalue weighted by Crippen LogP contribution is 2.24. The Hall–Kier alpha value is -2.18. The summed E-state index contributed by atoms with van der Waals surface area (Å²) in [5.74, 6) is 0. The number of allylic oxidation sites excluding steroid dienone is 1. The fourth-order valence-electron chi connectivity index (χ4n) is 2.75. The lowest BCUT2D eigenvalue weighted by Gasteiger charge is -2.04. The van der Waals surface area contributed by atoms with Crippen LogP contribution in [0.4, 0.5) is 0 Å². The molecule has 2 aromatic carbocycles. The zero-order valence-electron chi connectivity index (χ0n) is 14.5. The Balaban J connectivity index is 2.28. The Morgan fingerprint density at radius 1 is 1.12 bits per heavy atom. The number of thiazole rings is 1. The molecular weight excluding hydrogens is 352 g/mol. The summed E-state index contributed by atoms with van der Waals surface area (Å²) in [6, 6.07) is 10.9. The van der Waals surface area contributed by atoms with E-state index in [9.17, 15) is 8.42 Å². The van der Waals surface area contributed by atoms with E-state index in [-0.39, 0.29) is 4.90 Å². The highest BCUT2D eigenvalue weighted by molar-refractivity contribution is 7.90. The van der Waals surface area contributed by atoms with Crippen molar-refractivity contribution in [2.24, 2.45) is 4.40 Å². The van der Waals surface area contributed by atoms with E-state index in [1.54, 1.807) is 30.3 Å². The summed E-state index contributed by atoms with van der Waals surface area (Å²) < 4.78 is 32.5. The monoisotopic (exact) mass is 372 g/mol. The van der Waals surface area contributed by atoms with Crippen LogP contribution in [0.2, 0.25) is 0 Å². The van der Waals surface area contributed by atoms with Gasteiger partial charge >= 0.3 is 0 Å². The van der Waals surface area contributed by atoms with Gasteiger partial charge in [-0.3, -0.25) is 0 Å². The van der Waals surface area contributed by atoms with Crippen LogP contribution < -0.4 is 4.80 Å². The summed E-state index contributed by atoms with van der Waals surface area (Å²) in [6.07, 6.45) is 1.75. The Kier molecular flexibility index (Phi) is 4.67. The first-order valence-electron chi connectivity index (χ1n) is 7.91. The lowest BCUT2D eigenvalue weighted by molar-refractivity contribution is 0.596. The van der Waals surface area contributed by atoms with Crippen LogP contribution in [0.25, 0.3) is 10.2 Å². The van der Waals surface area contributed by atoms with Gasteiger partial charge in [0.1, 0.15) is 0 Å². The number of nitrogens with zero attached hydrogens (tertiary/aromatic N) is 2. The van der Waals surface area contributed by atoms with Gasteiger partial charge in [-0.1, -0.05) is 41.2 Å². The molecule has 4 nitrogen and oxygen atoms in total. The van der Waals surface area contributed by atoms with E-state index in [1.165, 1.54) is 11.3 Å². The number of aromatic nitrogens is 1. The summed E-state index contributed by atoms with van der Waals surface area (Å²) >= 11 is 1.39. The number of aryl methyl sites for hydroxylation is 3. The third-order valence-corrected chi connectivity index (χ3v) is 6.57. The summed E-state index contributed by atoms with van der Waals surface area (Å²) in [7, 11) is -3.76. The molecule has 6 heteroatoms. The van der Waals surface area contributed by atoms with Crippen molar-refractivity contribution in [1.29, 1.82) is 0 Å². The van der Waals surface area contributed by atoms with Crippen LogP contribution in [0, 0.1) is 20.8 Å². The Morgan fingerprint density at radius 3 is 2.44 bits per heavy atom. The third-order valence-electron chi connectivity index (χ3n) is 3.94. The van der Waals surface area contributed by atoms with E-state index in [4.69, 9.17) is 0 Å². The maximum absolute atomic E-state index is 12.7. The van der Waals surface area contributed by atoms with Crippen molar-refractivity contribution in [2.75, 3.05) is 0 Å². The van der Waals surface area contributed by atoms with Gasteiger partial charge in [-0.15, -0.1) is 11.0 Å². The Morgan fingerprint density at radius 2 is 1.80 bits per heavy atom. The lowest BCUT2D eigenvalue weighted by Crippen LogP contribution is -2.16. The van der Waals surface area contributed by atoms with E-state index < -0.39 is 10.0 Å². The molecule has 0 radical (unpaired) electrons. The molecule has 0 amide bonds. The van der Waals surface area contributed by atoms with Crippen LogP contribution in [0.1, 0.15) is 16.7 Å². The molecule has 3 aromatic rings. The summed E-state index contributed by atoms with van der Waals surface area (Å²) in [5, 5.41) is 0. The maximum atomic E-state index is 12.7. The maximum Gasteiger partial charge on any atom is 0.285 e. The Labute approximate surface area is 151 Å². The van der Waals surface area contributed by atoms with Crippen molar-refractivity contribution >= 4 is 31.6 Å². The minimum absolute atomic E-state index is 0.202. The molecule has 0 spiro atoms. The van der Waals surface area contributed by atoms with Gasteiger partial charge in [0.2, 0.25) is 4.80 Å². The van der Waals surface area contributed by atoms with E-state index >= 15 is 0 Å². The molecule has 0 bridgehead atoms. The van der Waals surface area contributed by atoms with Crippen LogP contribution in [0.15, 0.2) is 58.3 Å². The predicted octanol–water partition coefficient (Wildman–Crippen LogP) is 4.10. The number of rotatable bonds is 4. The van der Waals surface area contributed by atoms with Crippen molar-refractivity contribution in [3.63, 3.8) is 0 Å². The van der Waals surface area contributed by atoms with Crippen LogP contribution in [0.3, 0.4) is 0 Å². The first kappa shape index (κ1) is 17.6. The molecule has 0 aliphatic rings. The molecule has 1 aromatic heterocycles. The molecule has 0 saturated heterocycles. The van der Waals surface area contributed by atoms with E-state index in [0.717, 1.165) is 26.9 Å². The average molecular weight is 373 g/mol. The van der Waals surface area contributed by atoms with Gasteiger partial charge in [-0.25, -0.2) is 0 Å². The highest BCUT2D eigenvalue weighted by atomic mass is 32.2. The predicted molar refractivity (Wildman–Crippen MR) is 103 cm³/mol. The molecule has 0 aliphatic heterocycles. The van der Waals surface area contributed by atoms with Crippen molar-refractivity contribution in [3.8, 4) is 0 Å². The minimum atomic E-state index is -3.76. The number of hydrogen-bond acceptors (Lipinski definition) is 3. The van der Waals surface area contributed by atoms with Crippen molar-refractivity contribution in [2.45, 2.75) is 32.2 Å². The molecule has 0 atom stereocenters. The van der Waals surface area contributed by atoms with E-state index in [1.807, 2.05) is 25.3 Å². The summed E-state index contributed by atoms with van der Waals surface area (Å²) in [5.41, 5.74) is 4.24. The van der Waals surface area contributed by atoms with Gasteiger partial charge in [0.05, 0.1) is 15.1 Å². The highest BCUT2D eigenvalue weighted by Gasteiger charge is 2.15. The lowest BCUT2D eigenvalue weighted by atomic mass is 10.1. The van der Waals surface area contributed by atoms with E-state index in [0.29, 0.717) is 11.3 Å². The minimum Gasteiger partial charge on any atom is -0.312 e. The average Bonchev–Trinajstić information content (AvgIpc) is 2.86. The number of hydrogen-bond donors (Lipinski definition) is 0. The molecule has 0 fully saturated rings. The zero-order chi connectivity index (χ0) is 18.2. The van der Waals surface area contributed by atoms with Crippen LogP contribution in [0.5, 0.6) is 0 Å². The second kappa shape index (κ2) is 6.61. The fourth-order valence-corrected chi connectivity index (χ4v) is 5.05. The van der Waals surface area contributed by atoms with Gasteiger partial charge in [-0.05, 0) is 50.1 Å². The molecule has 130 valence electrons. The molecule has 25 heavy (non-hydrogen) atoms. The van der Waals surface area contributed by atoms with Gasteiger partial charge in [0.25, 0.3) is 10.0 Å². The SMILES string of the molecule is C=CCn1c(=NS(=O)(=O)c2ccc(C)cc2)sc2c(C)cc(C)cc21. The first-order valence-corrected chi connectivity index (χ1v) is 10.2. The molecule has 3 rings (SSSR count). The standard InChI is InChI=1S/C19H20N2O2S2/c1-5-10-21-17-12-14(3)11-15(4)18(17)24-19(21)20-25(22,23)16-8-6-13(2)7-9-16/h5-9,11-12H,1,10H2,2-4H3. The topological polar surface area (TPSA) is 51.4 Å². The quantitative estimate of drug-likeness (QED) is 0.647. The Bertz CT molecular complexity index is 1120. The number of sulfonamides is 1. The molecule has 0 N–H and O–H groups in total. The second-order valence-corrected chi connectivity index (χ2v) is 8.68. The van der Waals surface area contributed by atoms with Crippen molar-refractivity contribution < 1.29 is 8.42 Å². The normalized spacial score (nSPS) is 12.7. The van der Waals surface area contributed by atoms with Gasteiger partial charge in [0, 0.05) is 6.54 Å². The van der Waals surface area contributed by atoms with Crippen LogP contribution in [-0.2, 0) is 16.6 Å². The fraction of sp³-hybridized carbons (Fsp3) is 0.211. The van der Waals surface area contributed by atoms with Gasteiger partial charge in [-0.2, -0.15) is 8.42 Å². The largest absolute Gasteiger partial charge is 0.312 e. The first-order chi connectivity index (χ1) is 11.8. The van der Waals surface area contributed by atoms with Gasteiger partial charge in [0.15, 0.2) is 0 Å². The van der Waals surface area contributed by atoms with Crippen molar-refractivity contribution in [1.82, 2.24) is 4.57 Å². The molecule has 1 heterocycles. The third kappa shape index (κ3) is 3.45. The number of benzene rings is 2. The van der Waals surface area contributed by atoms with E-state index in [2.05, 4.69) is 23.1 Å². The molecule has 0 saturated carbocycles.